The summed E-state index contributed by atoms with van der Waals surface area (Å²) in [7, 11) is 0. The maximum atomic E-state index is 11.2. The van der Waals surface area contributed by atoms with Crippen LogP contribution in [0.1, 0.15) is 46.5 Å². The number of carbonyl (C=O) groups excluding carboxylic acids is 1. The minimum atomic E-state index is -0.347. The van der Waals surface area contributed by atoms with Crippen LogP contribution in [0.5, 0.6) is 0 Å². The summed E-state index contributed by atoms with van der Waals surface area (Å²) in [5.41, 5.74) is -0.347. The summed E-state index contributed by atoms with van der Waals surface area (Å²) < 4.78 is 5.42. The van der Waals surface area contributed by atoms with E-state index in [1.165, 1.54) is 25.3 Å². The van der Waals surface area contributed by atoms with Crippen LogP contribution in [0.4, 0.5) is 0 Å². The zero-order chi connectivity index (χ0) is 11.5. The normalized spacial score (nSPS) is 27.1. The average molecular weight is 210 g/mol. The first-order valence-electron chi connectivity index (χ1n) is 5.81. The summed E-state index contributed by atoms with van der Waals surface area (Å²) >= 11 is 0. The monoisotopic (exact) mass is 210 g/mol. The molecule has 2 nitrogen and oxygen atoms in total. The molecule has 0 aliphatic heterocycles. The van der Waals surface area contributed by atoms with Crippen molar-refractivity contribution in [1.29, 1.82) is 0 Å². The number of esters is 1. The molecule has 1 aliphatic rings. The van der Waals surface area contributed by atoms with Crippen molar-refractivity contribution in [3.05, 3.63) is 12.7 Å². The van der Waals surface area contributed by atoms with Gasteiger partial charge in [-0.25, -0.2) is 4.79 Å². The summed E-state index contributed by atoms with van der Waals surface area (Å²) in [5, 5.41) is 0. The fourth-order valence-corrected chi connectivity index (χ4v) is 2.45. The van der Waals surface area contributed by atoms with Gasteiger partial charge in [-0.05, 0) is 38.5 Å². The van der Waals surface area contributed by atoms with Gasteiger partial charge < -0.3 is 4.74 Å². The Hall–Kier alpha value is -0.790. The summed E-state index contributed by atoms with van der Waals surface area (Å²) in [5.74, 6) is 0.939. The zero-order valence-electron chi connectivity index (χ0n) is 10.1. The molecule has 0 aromatic rings. The molecule has 1 rings (SSSR count). The van der Waals surface area contributed by atoms with Crippen LogP contribution < -0.4 is 0 Å². The van der Waals surface area contributed by atoms with E-state index in [1.54, 1.807) is 0 Å². The third-order valence-corrected chi connectivity index (χ3v) is 3.45. The lowest BCUT2D eigenvalue weighted by Crippen LogP contribution is -2.38. The Bertz CT molecular complexity index is 243. The molecule has 86 valence electrons. The maximum absolute atomic E-state index is 11.2. The van der Waals surface area contributed by atoms with Gasteiger partial charge in [-0.2, -0.15) is 0 Å². The zero-order valence-corrected chi connectivity index (χ0v) is 10.1. The van der Waals surface area contributed by atoms with Gasteiger partial charge in [0.25, 0.3) is 0 Å². The Labute approximate surface area is 92.7 Å². The van der Waals surface area contributed by atoms with Crippen LogP contribution in [0.3, 0.4) is 0 Å². The van der Waals surface area contributed by atoms with Crippen molar-refractivity contribution in [2.75, 3.05) is 0 Å². The van der Waals surface area contributed by atoms with Gasteiger partial charge >= 0.3 is 5.97 Å². The number of hydrogen-bond acceptors (Lipinski definition) is 2. The molecule has 0 amide bonds. The van der Waals surface area contributed by atoms with E-state index in [0.717, 1.165) is 12.3 Å². The van der Waals surface area contributed by atoms with Gasteiger partial charge in [-0.15, -0.1) is 0 Å². The molecule has 0 heterocycles. The van der Waals surface area contributed by atoms with E-state index in [0.29, 0.717) is 5.92 Å². The quantitative estimate of drug-likeness (QED) is 0.527. The second-order valence-corrected chi connectivity index (χ2v) is 5.20. The molecule has 1 aliphatic carbocycles. The van der Waals surface area contributed by atoms with Gasteiger partial charge in [0.05, 0.1) is 0 Å². The molecule has 2 unspecified atom stereocenters. The molecule has 0 N–H and O–H groups in total. The molecular formula is C13H22O2. The second kappa shape index (κ2) is 4.82. The van der Waals surface area contributed by atoms with Crippen LogP contribution in [-0.2, 0) is 9.53 Å². The van der Waals surface area contributed by atoms with Crippen molar-refractivity contribution in [2.24, 2.45) is 11.8 Å². The van der Waals surface area contributed by atoms with Gasteiger partial charge in [0, 0.05) is 6.08 Å². The third-order valence-electron chi connectivity index (χ3n) is 3.45. The predicted molar refractivity (Wildman–Crippen MR) is 61.5 cm³/mol. The molecule has 1 saturated carbocycles. The fraction of sp³-hybridized carbons (Fsp3) is 0.769. The summed E-state index contributed by atoms with van der Waals surface area (Å²) in [4.78, 5) is 11.2. The molecule has 0 aromatic carbocycles. The van der Waals surface area contributed by atoms with E-state index in [1.807, 2.05) is 13.8 Å². The standard InChI is InChI=1S/C13H22O2/c1-5-12(14)15-13(3,4)11-8-6-7-10(2)9-11/h5,10-11H,1,6-9H2,2-4H3. The third kappa shape index (κ3) is 3.37. The minimum absolute atomic E-state index is 0.307. The van der Waals surface area contributed by atoms with Crippen LogP contribution >= 0.6 is 0 Å². The van der Waals surface area contributed by atoms with Crippen LogP contribution in [0.15, 0.2) is 12.7 Å². The highest BCUT2D eigenvalue weighted by Gasteiger charge is 2.35. The molecule has 0 aromatic heterocycles. The Morgan fingerprint density at radius 1 is 1.47 bits per heavy atom. The van der Waals surface area contributed by atoms with Crippen molar-refractivity contribution < 1.29 is 9.53 Å². The fourth-order valence-electron chi connectivity index (χ4n) is 2.45. The molecule has 0 spiro atoms. The first kappa shape index (κ1) is 12.3. The average Bonchev–Trinajstić information content (AvgIpc) is 2.17. The lowest BCUT2D eigenvalue weighted by atomic mass is 9.74. The van der Waals surface area contributed by atoms with Gasteiger partial charge in [0.2, 0.25) is 0 Å². The first-order valence-corrected chi connectivity index (χ1v) is 5.81. The van der Waals surface area contributed by atoms with E-state index in [9.17, 15) is 4.79 Å². The largest absolute Gasteiger partial charge is 0.456 e. The number of hydrogen-bond donors (Lipinski definition) is 0. The van der Waals surface area contributed by atoms with E-state index in [4.69, 9.17) is 4.74 Å². The molecule has 0 radical (unpaired) electrons. The molecule has 15 heavy (non-hydrogen) atoms. The topological polar surface area (TPSA) is 26.3 Å². The highest BCUT2D eigenvalue weighted by Crippen LogP contribution is 2.37. The summed E-state index contributed by atoms with van der Waals surface area (Å²) in [6.07, 6.45) is 6.13. The number of rotatable bonds is 3. The van der Waals surface area contributed by atoms with Crippen molar-refractivity contribution in [3.8, 4) is 0 Å². The molecule has 0 saturated heterocycles. The van der Waals surface area contributed by atoms with Crippen LogP contribution in [-0.4, -0.2) is 11.6 Å². The van der Waals surface area contributed by atoms with Crippen LogP contribution in [0, 0.1) is 11.8 Å². The second-order valence-electron chi connectivity index (χ2n) is 5.20. The Morgan fingerprint density at radius 3 is 2.67 bits per heavy atom. The van der Waals surface area contributed by atoms with Gasteiger partial charge in [-0.1, -0.05) is 26.3 Å². The lowest BCUT2D eigenvalue weighted by molar-refractivity contribution is -0.157. The van der Waals surface area contributed by atoms with Gasteiger partial charge in [-0.3, -0.25) is 0 Å². The van der Waals surface area contributed by atoms with Gasteiger partial charge in [0.15, 0.2) is 0 Å². The molecule has 0 bridgehead atoms. The molecular weight excluding hydrogens is 188 g/mol. The highest BCUT2D eigenvalue weighted by molar-refractivity contribution is 5.81. The summed E-state index contributed by atoms with van der Waals surface area (Å²) in [6, 6.07) is 0. The highest BCUT2D eigenvalue weighted by atomic mass is 16.6. The van der Waals surface area contributed by atoms with E-state index in [2.05, 4.69) is 13.5 Å². The Balaban J connectivity index is 2.58. The van der Waals surface area contributed by atoms with Crippen molar-refractivity contribution in [2.45, 2.75) is 52.1 Å². The van der Waals surface area contributed by atoms with Crippen LogP contribution in [0.25, 0.3) is 0 Å². The Morgan fingerprint density at radius 2 is 2.13 bits per heavy atom. The first-order chi connectivity index (χ1) is 6.95. The van der Waals surface area contributed by atoms with Crippen molar-refractivity contribution >= 4 is 5.97 Å². The number of ether oxygens (including phenoxy) is 1. The maximum Gasteiger partial charge on any atom is 0.330 e. The minimum Gasteiger partial charge on any atom is -0.456 e. The van der Waals surface area contributed by atoms with Crippen molar-refractivity contribution in [1.82, 2.24) is 0 Å². The van der Waals surface area contributed by atoms with E-state index < -0.39 is 0 Å². The Kier molecular flexibility index (Phi) is 3.95. The molecule has 1 fully saturated rings. The van der Waals surface area contributed by atoms with E-state index >= 15 is 0 Å². The van der Waals surface area contributed by atoms with E-state index in [-0.39, 0.29) is 11.6 Å². The number of carbonyl (C=O) groups is 1. The molecule has 2 heteroatoms. The van der Waals surface area contributed by atoms with Crippen molar-refractivity contribution in [3.63, 3.8) is 0 Å². The van der Waals surface area contributed by atoms with Gasteiger partial charge in [0.1, 0.15) is 5.60 Å². The molecule has 2 atom stereocenters. The lowest BCUT2D eigenvalue weighted by Gasteiger charge is -2.38. The smallest absolute Gasteiger partial charge is 0.330 e. The SMILES string of the molecule is C=CC(=O)OC(C)(C)C1CCCC(C)C1. The van der Waals surface area contributed by atoms with Crippen LogP contribution in [0.2, 0.25) is 0 Å². The summed E-state index contributed by atoms with van der Waals surface area (Å²) in [6.45, 7) is 9.73. The predicted octanol–water partition coefficient (Wildman–Crippen LogP) is 3.32.